The number of hydrogen-bond donors (Lipinski definition) is 0. The topological polar surface area (TPSA) is 80.8 Å². The fourth-order valence-corrected chi connectivity index (χ4v) is 3.87. The third kappa shape index (κ3) is 4.75. The van der Waals surface area contributed by atoms with E-state index in [-0.39, 0.29) is 0 Å². The van der Waals surface area contributed by atoms with Crippen molar-refractivity contribution < 1.29 is 4.74 Å². The minimum Gasteiger partial charge on any atom is -0.378 e. The number of fused-ring (bicyclic) bond motifs is 1. The zero-order valence-corrected chi connectivity index (χ0v) is 18.9. The summed E-state index contributed by atoms with van der Waals surface area (Å²) in [6.45, 7) is 7.84. The summed E-state index contributed by atoms with van der Waals surface area (Å²) in [5, 5.41) is 4.75. The molecule has 0 bridgehead atoms. The van der Waals surface area contributed by atoms with Gasteiger partial charge in [-0.25, -0.2) is 4.98 Å². The van der Waals surface area contributed by atoms with E-state index in [0.29, 0.717) is 37.3 Å². The van der Waals surface area contributed by atoms with Crippen molar-refractivity contribution in [2.45, 2.75) is 26.3 Å². The molecule has 0 N–H and O–H groups in total. The Kier molecular flexibility index (Phi) is 6.08. The van der Waals surface area contributed by atoms with Crippen molar-refractivity contribution in [2.75, 3.05) is 31.2 Å². The number of morpholine rings is 1. The van der Waals surface area contributed by atoms with Crippen LogP contribution in [0.3, 0.4) is 0 Å². The predicted octanol–water partition coefficient (Wildman–Crippen LogP) is 3.77. The summed E-state index contributed by atoms with van der Waals surface area (Å²) in [5.41, 5.74) is 4.17. The van der Waals surface area contributed by atoms with E-state index in [0.717, 1.165) is 35.7 Å². The molecule has 0 unspecified atom stereocenters. The van der Waals surface area contributed by atoms with Gasteiger partial charge in [-0.1, -0.05) is 32.0 Å². The lowest BCUT2D eigenvalue weighted by molar-refractivity contribution is 0.122. The molecule has 0 radical (unpaired) electrons. The number of hydrogen-bond acceptors (Lipinski definition) is 7. The molecular formula is C25H27N7O. The van der Waals surface area contributed by atoms with Crippen LogP contribution in [0.2, 0.25) is 0 Å². The fourth-order valence-electron chi connectivity index (χ4n) is 3.87. The van der Waals surface area contributed by atoms with Crippen LogP contribution in [-0.2, 0) is 11.3 Å². The van der Waals surface area contributed by atoms with Crippen molar-refractivity contribution in [3.63, 3.8) is 0 Å². The molecule has 0 aliphatic carbocycles. The summed E-state index contributed by atoms with van der Waals surface area (Å²) in [6, 6.07) is 14.4. The Balaban J connectivity index is 1.47. The van der Waals surface area contributed by atoms with Crippen molar-refractivity contribution in [3.05, 3.63) is 71.7 Å². The Labute approximate surface area is 193 Å². The van der Waals surface area contributed by atoms with E-state index in [9.17, 15) is 0 Å². The van der Waals surface area contributed by atoms with Gasteiger partial charge in [0.2, 0.25) is 0 Å². The molecule has 4 aromatic rings. The Hall–Kier alpha value is -3.65. The first-order valence-electron chi connectivity index (χ1n) is 11.3. The molecule has 8 heteroatoms. The highest BCUT2D eigenvalue weighted by Crippen LogP contribution is 2.22. The van der Waals surface area contributed by atoms with E-state index in [1.165, 1.54) is 5.56 Å². The monoisotopic (exact) mass is 441 g/mol. The summed E-state index contributed by atoms with van der Waals surface area (Å²) < 4.78 is 7.37. The standard InChI is InChI=1S/C25H27N7O/c1-18(2)21-5-3-4-19(14-21)16-27-17-22-15-23(31-10-12-33-13-11-31)32-25(28-22)29-24(30-32)20-6-8-26-9-7-20/h3-9,14-16,18H,10-13,17H2,1-2H3. The summed E-state index contributed by atoms with van der Waals surface area (Å²) in [5.74, 6) is 2.65. The molecular weight excluding hydrogens is 414 g/mol. The summed E-state index contributed by atoms with van der Waals surface area (Å²) in [7, 11) is 0. The fraction of sp³-hybridized carbons (Fsp3) is 0.320. The average Bonchev–Trinajstić information content (AvgIpc) is 3.29. The normalized spacial score (nSPS) is 14.6. The van der Waals surface area contributed by atoms with Gasteiger partial charge in [0.1, 0.15) is 5.82 Å². The van der Waals surface area contributed by atoms with Gasteiger partial charge in [0.25, 0.3) is 5.78 Å². The lowest BCUT2D eigenvalue weighted by atomic mass is 10.0. The predicted molar refractivity (Wildman–Crippen MR) is 129 cm³/mol. The van der Waals surface area contributed by atoms with Crippen molar-refractivity contribution in [1.29, 1.82) is 0 Å². The van der Waals surface area contributed by atoms with Crippen LogP contribution in [0.5, 0.6) is 0 Å². The van der Waals surface area contributed by atoms with Crippen molar-refractivity contribution in [1.82, 2.24) is 24.6 Å². The minimum absolute atomic E-state index is 0.469. The van der Waals surface area contributed by atoms with Gasteiger partial charge >= 0.3 is 0 Å². The first-order chi connectivity index (χ1) is 16.2. The maximum atomic E-state index is 5.55. The number of ether oxygens (including phenoxy) is 1. The highest BCUT2D eigenvalue weighted by atomic mass is 16.5. The Morgan fingerprint density at radius 2 is 1.88 bits per heavy atom. The quantitative estimate of drug-likeness (QED) is 0.424. The molecule has 0 saturated carbocycles. The number of aromatic nitrogens is 5. The smallest absolute Gasteiger partial charge is 0.254 e. The molecule has 0 atom stereocenters. The van der Waals surface area contributed by atoms with Crippen molar-refractivity contribution in [3.8, 4) is 11.4 Å². The Morgan fingerprint density at radius 1 is 1.06 bits per heavy atom. The number of pyridine rings is 1. The minimum atomic E-state index is 0.469. The zero-order valence-electron chi connectivity index (χ0n) is 18.9. The van der Waals surface area contributed by atoms with Gasteiger partial charge in [-0.15, -0.1) is 5.10 Å². The van der Waals surface area contributed by atoms with Crippen LogP contribution < -0.4 is 4.90 Å². The molecule has 168 valence electrons. The maximum absolute atomic E-state index is 5.55. The highest BCUT2D eigenvalue weighted by molar-refractivity contribution is 5.79. The van der Waals surface area contributed by atoms with Gasteiger partial charge in [-0.3, -0.25) is 9.98 Å². The van der Waals surface area contributed by atoms with E-state index >= 15 is 0 Å². The largest absolute Gasteiger partial charge is 0.378 e. The maximum Gasteiger partial charge on any atom is 0.254 e. The molecule has 4 heterocycles. The molecule has 33 heavy (non-hydrogen) atoms. The molecule has 1 aliphatic rings. The average molecular weight is 442 g/mol. The van der Waals surface area contributed by atoms with Crippen LogP contribution in [0.25, 0.3) is 17.2 Å². The second-order valence-electron chi connectivity index (χ2n) is 8.38. The molecule has 1 aliphatic heterocycles. The first kappa shape index (κ1) is 21.2. The van der Waals surface area contributed by atoms with Gasteiger partial charge in [-0.2, -0.15) is 9.50 Å². The number of aliphatic imine (C=N–C) groups is 1. The molecule has 8 nitrogen and oxygen atoms in total. The summed E-state index contributed by atoms with van der Waals surface area (Å²) in [6.07, 6.45) is 5.40. The third-order valence-corrected chi connectivity index (χ3v) is 5.69. The number of nitrogens with zero attached hydrogens (tertiary/aromatic N) is 7. The molecule has 0 spiro atoms. The van der Waals surface area contributed by atoms with Crippen molar-refractivity contribution in [2.24, 2.45) is 4.99 Å². The van der Waals surface area contributed by atoms with Crippen LogP contribution in [-0.4, -0.2) is 57.1 Å². The Bertz CT molecular complexity index is 1260. The number of benzene rings is 1. The molecule has 1 aromatic carbocycles. The molecule has 0 amide bonds. The number of rotatable bonds is 6. The Morgan fingerprint density at radius 3 is 2.67 bits per heavy atom. The van der Waals surface area contributed by atoms with E-state index < -0.39 is 0 Å². The third-order valence-electron chi connectivity index (χ3n) is 5.69. The molecule has 1 saturated heterocycles. The molecule has 1 fully saturated rings. The van der Waals surface area contributed by atoms with Crippen LogP contribution in [0.1, 0.15) is 36.6 Å². The zero-order chi connectivity index (χ0) is 22.6. The summed E-state index contributed by atoms with van der Waals surface area (Å²) >= 11 is 0. The SMILES string of the molecule is CC(C)c1cccc(C=NCc2cc(N3CCOCC3)n3nc(-c4ccncc4)nc3n2)c1. The van der Waals surface area contributed by atoms with Gasteiger partial charge in [0, 0.05) is 43.3 Å². The van der Waals surface area contributed by atoms with E-state index in [4.69, 9.17) is 19.8 Å². The van der Waals surface area contributed by atoms with E-state index in [1.54, 1.807) is 12.4 Å². The van der Waals surface area contributed by atoms with Crippen LogP contribution in [0.4, 0.5) is 5.82 Å². The van der Waals surface area contributed by atoms with Gasteiger partial charge in [-0.05, 0) is 35.2 Å². The van der Waals surface area contributed by atoms with Gasteiger partial charge < -0.3 is 9.64 Å². The molecule has 5 rings (SSSR count). The lowest BCUT2D eigenvalue weighted by Gasteiger charge is -2.28. The van der Waals surface area contributed by atoms with Gasteiger partial charge in [0.15, 0.2) is 5.82 Å². The van der Waals surface area contributed by atoms with Gasteiger partial charge in [0.05, 0.1) is 25.5 Å². The van der Waals surface area contributed by atoms with E-state index in [2.05, 4.69) is 59.1 Å². The van der Waals surface area contributed by atoms with Crippen molar-refractivity contribution >= 4 is 17.8 Å². The second-order valence-corrected chi connectivity index (χ2v) is 8.38. The molecule has 3 aromatic heterocycles. The highest BCUT2D eigenvalue weighted by Gasteiger charge is 2.19. The first-order valence-corrected chi connectivity index (χ1v) is 11.3. The summed E-state index contributed by atoms with van der Waals surface area (Å²) in [4.78, 5) is 20.5. The van der Waals surface area contributed by atoms with Crippen LogP contribution in [0.15, 0.2) is 59.9 Å². The lowest BCUT2D eigenvalue weighted by Crippen LogP contribution is -2.37. The number of anilines is 1. The van der Waals surface area contributed by atoms with Crippen LogP contribution >= 0.6 is 0 Å². The van der Waals surface area contributed by atoms with Crippen LogP contribution in [0, 0.1) is 0 Å². The van der Waals surface area contributed by atoms with E-state index in [1.807, 2.05) is 22.9 Å². The second kappa shape index (κ2) is 9.46.